The molecule has 0 saturated heterocycles. The van der Waals surface area contributed by atoms with Gasteiger partial charge < -0.3 is 15.0 Å². The highest BCUT2D eigenvalue weighted by Crippen LogP contribution is 2.22. The molecule has 19 heavy (non-hydrogen) atoms. The van der Waals surface area contributed by atoms with E-state index in [1.807, 2.05) is 25.3 Å². The van der Waals surface area contributed by atoms with E-state index >= 15 is 0 Å². The van der Waals surface area contributed by atoms with Crippen LogP contribution in [0.4, 0.5) is 0 Å². The molecule has 0 aromatic carbocycles. The van der Waals surface area contributed by atoms with E-state index < -0.39 is 0 Å². The molecule has 1 fully saturated rings. The van der Waals surface area contributed by atoms with Gasteiger partial charge in [-0.3, -0.25) is 4.79 Å². The number of aromatic nitrogens is 1. The number of hydrogen-bond donors (Lipinski definition) is 2. The highest BCUT2D eigenvalue weighted by molar-refractivity contribution is 5.80. The van der Waals surface area contributed by atoms with Crippen LogP contribution in [0.5, 0.6) is 0 Å². The van der Waals surface area contributed by atoms with Crippen LogP contribution in [0.3, 0.4) is 0 Å². The van der Waals surface area contributed by atoms with E-state index in [0.717, 1.165) is 25.0 Å². The molecule has 0 spiro atoms. The van der Waals surface area contributed by atoms with Crippen molar-refractivity contribution in [2.24, 2.45) is 0 Å². The van der Waals surface area contributed by atoms with Crippen molar-refractivity contribution in [3.8, 4) is 0 Å². The molecule has 1 amide bonds. The average molecular weight is 264 g/mol. The molecule has 1 unspecified atom stereocenters. The highest BCUT2D eigenvalue weighted by Gasteiger charge is 2.23. The minimum Gasteiger partial charge on any atom is -0.365 e. The van der Waals surface area contributed by atoms with Gasteiger partial charge in [0.15, 0.2) is 0 Å². The third kappa shape index (κ3) is 4.39. The van der Waals surface area contributed by atoms with Gasteiger partial charge in [-0.15, -0.1) is 0 Å². The van der Waals surface area contributed by atoms with Gasteiger partial charge in [0.05, 0.1) is 12.6 Å². The first-order chi connectivity index (χ1) is 9.29. The van der Waals surface area contributed by atoms with Crippen LogP contribution in [0.25, 0.3) is 0 Å². The molecule has 4 nitrogen and oxygen atoms in total. The topological polar surface area (TPSA) is 54.1 Å². The van der Waals surface area contributed by atoms with E-state index in [2.05, 4.69) is 10.3 Å². The Morgan fingerprint density at radius 1 is 1.47 bits per heavy atom. The SMILES string of the molecule is CCC(OC1CCCCC1)C(=O)NCc1ccc[nH]1. The van der Waals surface area contributed by atoms with Gasteiger partial charge in [0.1, 0.15) is 6.10 Å². The molecule has 1 aliphatic carbocycles. The fraction of sp³-hybridized carbons (Fsp3) is 0.667. The maximum absolute atomic E-state index is 12.1. The molecular weight excluding hydrogens is 240 g/mol. The normalized spacial score (nSPS) is 18.2. The fourth-order valence-electron chi connectivity index (χ4n) is 2.55. The lowest BCUT2D eigenvalue weighted by Crippen LogP contribution is -2.38. The molecule has 0 aliphatic heterocycles. The molecule has 0 bridgehead atoms. The lowest BCUT2D eigenvalue weighted by molar-refractivity contribution is -0.138. The minimum atomic E-state index is -0.307. The molecule has 2 rings (SSSR count). The number of nitrogens with one attached hydrogen (secondary N) is 2. The van der Waals surface area contributed by atoms with Crippen LogP contribution < -0.4 is 5.32 Å². The Morgan fingerprint density at radius 3 is 2.89 bits per heavy atom. The summed E-state index contributed by atoms with van der Waals surface area (Å²) < 4.78 is 5.95. The van der Waals surface area contributed by atoms with Gasteiger partial charge in [-0.05, 0) is 31.4 Å². The Morgan fingerprint density at radius 2 is 2.26 bits per heavy atom. The third-order valence-electron chi connectivity index (χ3n) is 3.69. The number of amides is 1. The molecule has 1 atom stereocenters. The Labute approximate surface area is 114 Å². The van der Waals surface area contributed by atoms with Crippen LogP contribution in [0.2, 0.25) is 0 Å². The fourth-order valence-corrected chi connectivity index (χ4v) is 2.55. The molecule has 106 valence electrons. The van der Waals surface area contributed by atoms with Crippen molar-refractivity contribution in [1.29, 1.82) is 0 Å². The van der Waals surface area contributed by atoms with Gasteiger partial charge in [0.25, 0.3) is 0 Å². The first kappa shape index (κ1) is 14.1. The van der Waals surface area contributed by atoms with Crippen molar-refractivity contribution >= 4 is 5.91 Å². The summed E-state index contributed by atoms with van der Waals surface area (Å²) in [5.74, 6) is 0.00248. The van der Waals surface area contributed by atoms with E-state index in [9.17, 15) is 4.79 Å². The molecule has 0 radical (unpaired) electrons. The molecule has 1 aromatic rings. The second-order valence-electron chi connectivity index (χ2n) is 5.21. The zero-order chi connectivity index (χ0) is 13.5. The van der Waals surface area contributed by atoms with E-state index in [-0.39, 0.29) is 18.1 Å². The van der Waals surface area contributed by atoms with E-state index in [1.54, 1.807) is 0 Å². The zero-order valence-electron chi connectivity index (χ0n) is 11.7. The molecule has 4 heteroatoms. The molecular formula is C15H24N2O2. The smallest absolute Gasteiger partial charge is 0.249 e. The quantitative estimate of drug-likeness (QED) is 0.830. The predicted octanol–water partition coefficient (Wildman–Crippen LogP) is 2.76. The van der Waals surface area contributed by atoms with Gasteiger partial charge in [-0.2, -0.15) is 0 Å². The molecule has 2 N–H and O–H groups in total. The second kappa shape index (κ2) is 7.34. The van der Waals surface area contributed by atoms with Crippen molar-refractivity contribution in [2.45, 2.75) is 64.2 Å². The number of carbonyl (C=O) groups is 1. The Balaban J connectivity index is 1.77. The maximum Gasteiger partial charge on any atom is 0.249 e. The van der Waals surface area contributed by atoms with Crippen molar-refractivity contribution in [1.82, 2.24) is 10.3 Å². The van der Waals surface area contributed by atoms with Crippen LogP contribution in [-0.2, 0) is 16.1 Å². The monoisotopic (exact) mass is 264 g/mol. The second-order valence-corrected chi connectivity index (χ2v) is 5.21. The summed E-state index contributed by atoms with van der Waals surface area (Å²) >= 11 is 0. The van der Waals surface area contributed by atoms with Crippen molar-refractivity contribution in [3.63, 3.8) is 0 Å². The van der Waals surface area contributed by atoms with Crippen molar-refractivity contribution in [3.05, 3.63) is 24.0 Å². The Kier molecular flexibility index (Phi) is 5.45. The third-order valence-corrected chi connectivity index (χ3v) is 3.69. The van der Waals surface area contributed by atoms with E-state index in [1.165, 1.54) is 19.3 Å². The van der Waals surface area contributed by atoms with Crippen molar-refractivity contribution < 1.29 is 9.53 Å². The Hall–Kier alpha value is -1.29. The molecule has 1 saturated carbocycles. The minimum absolute atomic E-state index is 0.00248. The summed E-state index contributed by atoms with van der Waals surface area (Å²) in [4.78, 5) is 15.2. The number of carbonyl (C=O) groups excluding carboxylic acids is 1. The van der Waals surface area contributed by atoms with Crippen LogP contribution in [-0.4, -0.2) is 23.1 Å². The number of rotatable bonds is 6. The van der Waals surface area contributed by atoms with Crippen LogP contribution >= 0.6 is 0 Å². The number of ether oxygens (including phenoxy) is 1. The molecule has 1 aromatic heterocycles. The van der Waals surface area contributed by atoms with Gasteiger partial charge in [0, 0.05) is 11.9 Å². The van der Waals surface area contributed by atoms with Gasteiger partial charge in [-0.25, -0.2) is 0 Å². The summed E-state index contributed by atoms with van der Waals surface area (Å²) in [6.45, 7) is 2.54. The summed E-state index contributed by atoms with van der Waals surface area (Å²) in [5.41, 5.74) is 1.01. The number of hydrogen-bond acceptors (Lipinski definition) is 2. The van der Waals surface area contributed by atoms with Crippen LogP contribution in [0, 0.1) is 0 Å². The largest absolute Gasteiger partial charge is 0.365 e. The highest BCUT2D eigenvalue weighted by atomic mass is 16.5. The molecule has 1 aliphatic rings. The summed E-state index contributed by atoms with van der Waals surface area (Å²) in [5, 5.41) is 2.93. The van der Waals surface area contributed by atoms with Crippen LogP contribution in [0.1, 0.15) is 51.1 Å². The van der Waals surface area contributed by atoms with Crippen LogP contribution in [0.15, 0.2) is 18.3 Å². The van der Waals surface area contributed by atoms with E-state index in [4.69, 9.17) is 4.74 Å². The predicted molar refractivity (Wildman–Crippen MR) is 74.7 cm³/mol. The summed E-state index contributed by atoms with van der Waals surface area (Å²) in [6, 6.07) is 3.89. The lowest BCUT2D eigenvalue weighted by Gasteiger charge is -2.26. The molecule has 1 heterocycles. The average Bonchev–Trinajstić information content (AvgIpc) is 2.96. The van der Waals surface area contributed by atoms with Gasteiger partial charge in [-0.1, -0.05) is 26.2 Å². The van der Waals surface area contributed by atoms with Gasteiger partial charge in [0.2, 0.25) is 5.91 Å². The first-order valence-electron chi connectivity index (χ1n) is 7.35. The van der Waals surface area contributed by atoms with E-state index in [0.29, 0.717) is 6.54 Å². The maximum atomic E-state index is 12.1. The zero-order valence-corrected chi connectivity index (χ0v) is 11.7. The summed E-state index contributed by atoms with van der Waals surface area (Å²) in [7, 11) is 0. The van der Waals surface area contributed by atoms with Gasteiger partial charge >= 0.3 is 0 Å². The van der Waals surface area contributed by atoms with Crippen molar-refractivity contribution in [2.75, 3.05) is 0 Å². The number of H-pyrrole nitrogens is 1. The standard InChI is InChI=1S/C15H24N2O2/c1-2-14(19-13-8-4-3-5-9-13)15(18)17-11-12-7-6-10-16-12/h6-7,10,13-14,16H,2-5,8-9,11H2,1H3,(H,17,18). The Bertz CT molecular complexity index is 370. The lowest BCUT2D eigenvalue weighted by atomic mass is 9.97. The number of aromatic amines is 1. The summed E-state index contributed by atoms with van der Waals surface area (Å²) in [6.07, 6.45) is 8.50. The first-order valence-corrected chi connectivity index (χ1v) is 7.35.